The lowest BCUT2D eigenvalue weighted by Gasteiger charge is -2.45. The Balaban J connectivity index is 1.53. The van der Waals surface area contributed by atoms with Gasteiger partial charge in [0, 0.05) is 18.4 Å². The number of nitrogens with zero attached hydrogens (tertiary/aromatic N) is 5. The third kappa shape index (κ3) is 3.42. The van der Waals surface area contributed by atoms with Crippen molar-refractivity contribution >= 4 is 17.6 Å². The van der Waals surface area contributed by atoms with Gasteiger partial charge in [0.1, 0.15) is 18.0 Å². The number of anilines is 1. The van der Waals surface area contributed by atoms with E-state index in [1.54, 1.807) is 6.20 Å². The number of nitrogens with two attached hydrogens (primary N) is 2. The van der Waals surface area contributed by atoms with Crippen LogP contribution in [0.5, 0.6) is 5.75 Å². The zero-order valence-electron chi connectivity index (χ0n) is 16.2. The molecule has 8 nitrogen and oxygen atoms in total. The van der Waals surface area contributed by atoms with E-state index in [2.05, 4.69) is 17.0 Å². The van der Waals surface area contributed by atoms with Gasteiger partial charge in [-0.25, -0.2) is 4.99 Å². The van der Waals surface area contributed by atoms with E-state index in [9.17, 15) is 0 Å². The maximum atomic E-state index is 6.27. The van der Waals surface area contributed by atoms with Gasteiger partial charge in [-0.3, -0.25) is 9.58 Å². The smallest absolute Gasteiger partial charge is 0.220 e. The van der Waals surface area contributed by atoms with Crippen molar-refractivity contribution in [3.8, 4) is 5.75 Å². The molecule has 4 N–H and O–H groups in total. The van der Waals surface area contributed by atoms with E-state index >= 15 is 0 Å². The normalized spacial score (nSPS) is 18.7. The van der Waals surface area contributed by atoms with Crippen LogP contribution in [0.3, 0.4) is 0 Å². The molecule has 0 atom stereocenters. The molecule has 4 rings (SSSR count). The van der Waals surface area contributed by atoms with Crippen LogP contribution in [-0.4, -0.2) is 27.4 Å². The Morgan fingerprint density at radius 3 is 2.54 bits per heavy atom. The number of aliphatic imine (C=N–C) groups is 2. The summed E-state index contributed by atoms with van der Waals surface area (Å²) in [5.74, 6) is 1.46. The second kappa shape index (κ2) is 7.53. The topological polar surface area (TPSA) is 107 Å². The molecule has 1 aromatic carbocycles. The van der Waals surface area contributed by atoms with Gasteiger partial charge in [0.15, 0.2) is 0 Å². The van der Waals surface area contributed by atoms with Crippen molar-refractivity contribution in [1.29, 1.82) is 0 Å². The van der Waals surface area contributed by atoms with Gasteiger partial charge < -0.3 is 16.2 Å². The van der Waals surface area contributed by atoms with Gasteiger partial charge in [-0.1, -0.05) is 6.42 Å². The first kappa shape index (κ1) is 18.3. The van der Waals surface area contributed by atoms with Crippen LogP contribution in [0.15, 0.2) is 46.5 Å². The van der Waals surface area contributed by atoms with Gasteiger partial charge in [0.2, 0.25) is 11.9 Å². The van der Waals surface area contributed by atoms with Crippen molar-refractivity contribution in [1.82, 2.24) is 9.78 Å². The van der Waals surface area contributed by atoms with Crippen LogP contribution in [0.25, 0.3) is 0 Å². The molecule has 28 heavy (non-hydrogen) atoms. The largest absolute Gasteiger partial charge is 0.487 e. The van der Waals surface area contributed by atoms with Crippen molar-refractivity contribution in [3.05, 3.63) is 42.2 Å². The molecule has 0 amide bonds. The predicted octanol–water partition coefficient (Wildman–Crippen LogP) is 2.59. The number of benzene rings is 1. The lowest BCUT2D eigenvalue weighted by atomic mass is 9.87. The molecule has 1 fully saturated rings. The zero-order valence-corrected chi connectivity index (χ0v) is 16.2. The third-order valence-electron chi connectivity index (χ3n) is 5.44. The van der Waals surface area contributed by atoms with Gasteiger partial charge in [-0.15, -0.1) is 0 Å². The van der Waals surface area contributed by atoms with E-state index in [4.69, 9.17) is 21.2 Å². The summed E-state index contributed by atoms with van der Waals surface area (Å²) in [5, 5.41) is 4.27. The molecule has 0 unspecified atom stereocenters. The average Bonchev–Trinajstić information content (AvgIpc) is 3.15. The molecule has 1 saturated carbocycles. The summed E-state index contributed by atoms with van der Waals surface area (Å²) in [5.41, 5.74) is 13.8. The standard InChI is InChI=1S/C20H27N7O/c1-2-26-16(10-13-23-26)14-28-17-8-6-15(7-9-17)27-19(22)24-18(21)25-20(27)11-4-3-5-12-20/h6-10,13H,2-5,11-12,14H2,1H3,(H4,21,22,24,25). The van der Waals surface area contributed by atoms with Gasteiger partial charge in [-0.2, -0.15) is 10.1 Å². The molecule has 2 heterocycles. The first-order chi connectivity index (χ1) is 13.6. The summed E-state index contributed by atoms with van der Waals surface area (Å²) >= 11 is 0. The van der Waals surface area contributed by atoms with E-state index in [0.29, 0.717) is 12.6 Å². The van der Waals surface area contributed by atoms with Crippen molar-refractivity contribution in [3.63, 3.8) is 0 Å². The minimum atomic E-state index is -0.426. The molecule has 148 valence electrons. The fraction of sp³-hybridized carbons (Fsp3) is 0.450. The number of guanidine groups is 2. The summed E-state index contributed by atoms with van der Waals surface area (Å²) in [7, 11) is 0. The van der Waals surface area contributed by atoms with Gasteiger partial charge in [-0.05, 0) is 62.9 Å². The van der Waals surface area contributed by atoms with Crippen LogP contribution < -0.4 is 21.1 Å². The van der Waals surface area contributed by atoms with Gasteiger partial charge in [0.05, 0.1) is 5.69 Å². The van der Waals surface area contributed by atoms with Crippen LogP contribution in [0.2, 0.25) is 0 Å². The summed E-state index contributed by atoms with van der Waals surface area (Å²) < 4.78 is 7.85. The number of rotatable bonds is 5. The quantitative estimate of drug-likeness (QED) is 0.828. The second-order valence-corrected chi connectivity index (χ2v) is 7.24. The Morgan fingerprint density at radius 2 is 1.82 bits per heavy atom. The minimum absolute atomic E-state index is 0.267. The molecular formula is C20H27N7O. The molecule has 1 aromatic heterocycles. The third-order valence-corrected chi connectivity index (χ3v) is 5.44. The monoisotopic (exact) mass is 381 g/mol. The molecule has 1 aliphatic heterocycles. The number of ether oxygens (including phenoxy) is 1. The summed E-state index contributed by atoms with van der Waals surface area (Å²) in [6.45, 7) is 3.36. The Morgan fingerprint density at radius 1 is 1.07 bits per heavy atom. The molecule has 0 saturated heterocycles. The molecule has 0 radical (unpaired) electrons. The first-order valence-corrected chi connectivity index (χ1v) is 9.84. The zero-order chi connectivity index (χ0) is 19.6. The van der Waals surface area contributed by atoms with Crippen molar-refractivity contribution < 1.29 is 4.74 Å². The highest BCUT2D eigenvalue weighted by atomic mass is 16.5. The molecule has 2 aromatic rings. The van der Waals surface area contributed by atoms with Crippen LogP contribution in [-0.2, 0) is 13.2 Å². The maximum absolute atomic E-state index is 6.27. The maximum Gasteiger partial charge on any atom is 0.220 e. The number of hydrogen-bond acceptors (Lipinski definition) is 7. The first-order valence-electron chi connectivity index (χ1n) is 9.84. The summed E-state index contributed by atoms with van der Waals surface area (Å²) in [6.07, 6.45) is 7.05. The highest BCUT2D eigenvalue weighted by molar-refractivity contribution is 6.05. The molecule has 0 bridgehead atoms. The Labute approximate surface area is 164 Å². The molecule has 1 spiro atoms. The van der Waals surface area contributed by atoms with Gasteiger partial charge in [0.25, 0.3) is 0 Å². The lowest BCUT2D eigenvalue weighted by Crippen LogP contribution is -2.58. The molecule has 8 heteroatoms. The van der Waals surface area contributed by atoms with Crippen LogP contribution in [0.1, 0.15) is 44.7 Å². The average molecular weight is 381 g/mol. The predicted molar refractivity (Wildman–Crippen MR) is 110 cm³/mol. The fourth-order valence-corrected chi connectivity index (χ4v) is 4.11. The fourth-order valence-electron chi connectivity index (χ4n) is 4.11. The lowest BCUT2D eigenvalue weighted by molar-refractivity contribution is 0.292. The van der Waals surface area contributed by atoms with Crippen molar-refractivity contribution in [2.45, 2.75) is 57.8 Å². The van der Waals surface area contributed by atoms with E-state index in [1.165, 1.54) is 6.42 Å². The molecular weight excluding hydrogens is 354 g/mol. The summed E-state index contributed by atoms with van der Waals surface area (Å²) in [6, 6.07) is 9.88. The number of aryl methyl sites for hydroxylation is 1. The van der Waals surface area contributed by atoms with Gasteiger partial charge >= 0.3 is 0 Å². The minimum Gasteiger partial charge on any atom is -0.487 e. The van der Waals surface area contributed by atoms with E-state index in [0.717, 1.165) is 49.4 Å². The van der Waals surface area contributed by atoms with E-state index < -0.39 is 5.66 Å². The molecule has 1 aliphatic carbocycles. The van der Waals surface area contributed by atoms with Crippen LogP contribution in [0, 0.1) is 0 Å². The summed E-state index contributed by atoms with van der Waals surface area (Å²) in [4.78, 5) is 10.9. The van der Waals surface area contributed by atoms with Crippen LogP contribution in [0.4, 0.5) is 5.69 Å². The molecule has 2 aliphatic rings. The Bertz CT molecular complexity index is 878. The van der Waals surface area contributed by atoms with Crippen molar-refractivity contribution in [2.24, 2.45) is 21.5 Å². The number of hydrogen-bond donors (Lipinski definition) is 2. The van der Waals surface area contributed by atoms with Crippen molar-refractivity contribution in [2.75, 3.05) is 4.90 Å². The SMILES string of the molecule is CCn1nccc1COc1ccc(N2C(N)=NC(N)=NC23CCCCC3)cc1. The van der Waals surface area contributed by atoms with Crippen LogP contribution >= 0.6 is 0 Å². The Hall–Kier alpha value is -3.03. The number of aromatic nitrogens is 2. The second-order valence-electron chi connectivity index (χ2n) is 7.24. The van der Waals surface area contributed by atoms with E-state index in [1.807, 2.05) is 39.9 Å². The highest BCUT2D eigenvalue weighted by Gasteiger charge is 2.42. The highest BCUT2D eigenvalue weighted by Crippen LogP contribution is 2.39. The Kier molecular flexibility index (Phi) is 4.93. The van der Waals surface area contributed by atoms with E-state index in [-0.39, 0.29) is 5.96 Å².